The molecule has 0 bridgehead atoms. The Hall–Kier alpha value is -0.180. The maximum Gasteiger partial charge on any atom is 0.474 e. The zero-order chi connectivity index (χ0) is 10.6. The number of phosphoric ester groups is 1. The Labute approximate surface area is 85.2 Å². The van der Waals surface area contributed by atoms with Crippen LogP contribution in [0.2, 0.25) is 0 Å². The molecule has 0 aromatic carbocycles. The van der Waals surface area contributed by atoms with E-state index in [0.717, 1.165) is 0 Å². The zero-order valence-corrected chi connectivity index (χ0v) is 9.38. The molecule has 1 rings (SSSR count). The summed E-state index contributed by atoms with van der Waals surface area (Å²) in [5.41, 5.74) is 0. The predicted octanol–water partition coefficient (Wildman–Crippen LogP) is 0.538. The van der Waals surface area contributed by atoms with Gasteiger partial charge in [0.2, 0.25) is 0 Å². The molecule has 1 heterocycles. The van der Waals surface area contributed by atoms with Crippen LogP contribution in [0.3, 0.4) is 0 Å². The summed E-state index contributed by atoms with van der Waals surface area (Å²) in [5, 5.41) is 0. The second-order valence-corrected chi connectivity index (χ2v) is 5.84. The molecule has 1 aliphatic heterocycles. The number of rotatable bonds is 4. The highest BCUT2D eigenvalue weighted by molar-refractivity contribution is 7.85. The normalized spacial score (nSPS) is 33.9. The van der Waals surface area contributed by atoms with Gasteiger partial charge in [-0.2, -0.15) is 0 Å². The van der Waals surface area contributed by atoms with Gasteiger partial charge in [0.05, 0.1) is 18.1 Å². The van der Waals surface area contributed by atoms with Gasteiger partial charge in [-0.05, 0) is 0 Å². The minimum Gasteiger partial charge on any atom is -0.290 e. The van der Waals surface area contributed by atoms with E-state index in [1.807, 2.05) is 0 Å². The van der Waals surface area contributed by atoms with Crippen LogP contribution in [0.4, 0.5) is 0 Å². The molecule has 5 nitrogen and oxygen atoms in total. The molecule has 14 heavy (non-hydrogen) atoms. The van der Waals surface area contributed by atoms with Crippen molar-refractivity contribution in [1.82, 2.24) is 0 Å². The molecule has 3 unspecified atom stereocenters. The van der Waals surface area contributed by atoms with Gasteiger partial charge in [0, 0.05) is 17.9 Å². The van der Waals surface area contributed by atoms with Gasteiger partial charge >= 0.3 is 7.82 Å². The van der Waals surface area contributed by atoms with E-state index < -0.39 is 24.7 Å². The van der Waals surface area contributed by atoms with Gasteiger partial charge in [-0.3, -0.25) is 17.8 Å². The van der Waals surface area contributed by atoms with Crippen molar-refractivity contribution in [3.63, 3.8) is 0 Å². The molecule has 0 radical (unpaired) electrons. The third-order valence-electron chi connectivity index (χ3n) is 1.54. The van der Waals surface area contributed by atoms with Crippen LogP contribution < -0.4 is 0 Å². The van der Waals surface area contributed by atoms with Crippen molar-refractivity contribution in [2.24, 2.45) is 0 Å². The molecule has 7 heteroatoms. The van der Waals surface area contributed by atoms with Gasteiger partial charge in [-0.25, -0.2) is 4.57 Å². The molecule has 0 saturated carbocycles. The molecule has 0 N–H and O–H groups in total. The van der Waals surface area contributed by atoms with Crippen LogP contribution in [0.15, 0.2) is 0 Å². The molecule has 0 aromatic rings. The van der Waals surface area contributed by atoms with E-state index in [4.69, 9.17) is 15.5 Å². The Balaban J connectivity index is 2.41. The quantitative estimate of drug-likeness (QED) is 0.528. The van der Waals surface area contributed by atoms with Crippen LogP contribution in [0.5, 0.6) is 0 Å². The average molecular weight is 238 g/mol. The summed E-state index contributed by atoms with van der Waals surface area (Å²) in [5.74, 6) is 2.66. The van der Waals surface area contributed by atoms with Crippen LogP contribution in [0, 0.1) is 12.3 Å². The highest BCUT2D eigenvalue weighted by Gasteiger charge is 2.38. The van der Waals surface area contributed by atoms with E-state index in [1.165, 1.54) is 7.11 Å². The lowest BCUT2D eigenvalue weighted by molar-refractivity contribution is 0.208. The predicted molar refractivity (Wildman–Crippen MR) is 52.1 cm³/mol. The molecule has 1 saturated heterocycles. The molecule has 0 aromatic heterocycles. The van der Waals surface area contributed by atoms with Crippen LogP contribution in [0.25, 0.3) is 0 Å². The fraction of sp³-hybridized carbons (Fsp3) is 0.714. The highest BCUT2D eigenvalue weighted by atomic mass is 32.2. The number of terminal acetylenes is 1. The molecule has 3 atom stereocenters. The Morgan fingerprint density at radius 2 is 2.50 bits per heavy atom. The standard InChI is InChI=1S/C7H11O5PS/c1-3-4-14(9)6-7-5-11-13(8,10-2)12-7/h1,7H,4-6H2,2H3. The maximum absolute atomic E-state index is 11.3. The van der Waals surface area contributed by atoms with Crippen LogP contribution in [0.1, 0.15) is 0 Å². The molecule has 0 aliphatic carbocycles. The Bertz CT molecular complexity index is 310. The van der Waals surface area contributed by atoms with Gasteiger partial charge in [-0.1, -0.05) is 5.92 Å². The summed E-state index contributed by atoms with van der Waals surface area (Å²) in [6.07, 6.45) is 4.53. The van der Waals surface area contributed by atoms with Crippen molar-refractivity contribution in [2.75, 3.05) is 25.2 Å². The van der Waals surface area contributed by atoms with E-state index in [-0.39, 0.29) is 18.1 Å². The minimum atomic E-state index is -3.37. The van der Waals surface area contributed by atoms with Gasteiger partial charge in [0.1, 0.15) is 6.10 Å². The summed E-state index contributed by atoms with van der Waals surface area (Å²) >= 11 is 0. The molecule has 0 spiro atoms. The van der Waals surface area contributed by atoms with Crippen molar-refractivity contribution in [2.45, 2.75) is 6.10 Å². The largest absolute Gasteiger partial charge is 0.474 e. The van der Waals surface area contributed by atoms with Crippen molar-refractivity contribution in [3.05, 3.63) is 0 Å². The van der Waals surface area contributed by atoms with E-state index in [9.17, 15) is 8.77 Å². The second-order valence-electron chi connectivity index (χ2n) is 2.61. The van der Waals surface area contributed by atoms with Gasteiger partial charge in [0.25, 0.3) is 0 Å². The lowest BCUT2D eigenvalue weighted by Crippen LogP contribution is -2.19. The summed E-state index contributed by atoms with van der Waals surface area (Å²) in [7, 11) is -3.29. The zero-order valence-electron chi connectivity index (χ0n) is 7.67. The van der Waals surface area contributed by atoms with Crippen molar-refractivity contribution in [3.8, 4) is 12.3 Å². The monoisotopic (exact) mass is 238 g/mol. The first-order chi connectivity index (χ1) is 6.59. The van der Waals surface area contributed by atoms with Crippen LogP contribution in [-0.2, 0) is 28.9 Å². The number of hydrogen-bond acceptors (Lipinski definition) is 5. The third kappa shape index (κ3) is 3.19. The first-order valence-electron chi connectivity index (χ1n) is 3.87. The molecule has 80 valence electrons. The second kappa shape index (κ2) is 5.06. The molecule has 1 aliphatic rings. The Morgan fingerprint density at radius 1 is 1.79 bits per heavy atom. The summed E-state index contributed by atoms with van der Waals surface area (Å²) in [6.45, 7) is 0.126. The van der Waals surface area contributed by atoms with E-state index in [2.05, 4.69) is 10.4 Å². The van der Waals surface area contributed by atoms with Crippen LogP contribution in [-0.4, -0.2) is 35.5 Å². The Kier molecular flexibility index (Phi) is 4.30. The van der Waals surface area contributed by atoms with Gasteiger partial charge in [0.15, 0.2) is 0 Å². The third-order valence-corrected chi connectivity index (χ3v) is 4.24. The lowest BCUT2D eigenvalue weighted by Gasteiger charge is -2.07. The summed E-state index contributed by atoms with van der Waals surface area (Å²) < 4.78 is 36.8. The van der Waals surface area contributed by atoms with Crippen LogP contribution >= 0.6 is 7.82 Å². The van der Waals surface area contributed by atoms with E-state index in [1.54, 1.807) is 0 Å². The van der Waals surface area contributed by atoms with Crippen molar-refractivity contribution < 1.29 is 22.3 Å². The van der Waals surface area contributed by atoms with Gasteiger partial charge in [-0.15, -0.1) is 6.42 Å². The van der Waals surface area contributed by atoms with Crippen molar-refractivity contribution in [1.29, 1.82) is 0 Å². The van der Waals surface area contributed by atoms with Gasteiger partial charge < -0.3 is 0 Å². The first kappa shape index (κ1) is 11.9. The minimum absolute atomic E-state index is 0.126. The smallest absolute Gasteiger partial charge is 0.290 e. The maximum atomic E-state index is 11.3. The summed E-state index contributed by atoms with van der Waals surface area (Å²) in [6, 6.07) is 0. The van der Waals surface area contributed by atoms with E-state index in [0.29, 0.717) is 0 Å². The number of hydrogen-bond donors (Lipinski definition) is 0. The fourth-order valence-corrected chi connectivity index (χ4v) is 3.04. The molecule has 1 fully saturated rings. The SMILES string of the molecule is C#CCS(=O)CC1COP(=O)(OC)O1. The van der Waals surface area contributed by atoms with Crippen molar-refractivity contribution >= 4 is 18.6 Å². The summed E-state index contributed by atoms with van der Waals surface area (Å²) in [4.78, 5) is 0. The molecular weight excluding hydrogens is 227 g/mol. The fourth-order valence-electron chi connectivity index (χ4n) is 0.951. The first-order valence-corrected chi connectivity index (χ1v) is 6.81. The molecule has 0 amide bonds. The molecular formula is C7H11O5PS. The highest BCUT2D eigenvalue weighted by Crippen LogP contribution is 2.54. The number of phosphoric acid groups is 1. The average Bonchev–Trinajstić information content (AvgIpc) is 2.49. The van der Waals surface area contributed by atoms with E-state index >= 15 is 0 Å². The topological polar surface area (TPSA) is 61.8 Å². The lowest BCUT2D eigenvalue weighted by atomic mass is 10.4. The Morgan fingerprint density at radius 3 is 3.00 bits per heavy atom.